The van der Waals surface area contributed by atoms with Gasteiger partial charge in [0, 0.05) is 19.4 Å². The van der Waals surface area contributed by atoms with Crippen molar-refractivity contribution in [1.29, 1.82) is 0 Å². The fourth-order valence-corrected chi connectivity index (χ4v) is 1.13. The average Bonchev–Trinajstić information content (AvgIpc) is 2.15. The molecule has 1 heterocycles. The van der Waals surface area contributed by atoms with Crippen molar-refractivity contribution >= 4 is 11.1 Å². The second-order valence-corrected chi connectivity index (χ2v) is 2.80. The summed E-state index contributed by atoms with van der Waals surface area (Å²) in [7, 11) is 1.76. The van der Waals surface area contributed by atoms with Gasteiger partial charge in [-0.1, -0.05) is 0 Å². The standard InChI is InChI=1S/C5H8N2O2S/c1-7-3-2-6-5(7)4-10(8)9/h2-3H,4H2,1H3,(H,8,9)/p-1. The smallest absolute Gasteiger partial charge is 0.119 e. The fourth-order valence-electron chi connectivity index (χ4n) is 0.641. The topological polar surface area (TPSA) is 58.0 Å². The van der Waals surface area contributed by atoms with E-state index in [0.717, 1.165) is 0 Å². The van der Waals surface area contributed by atoms with Crippen LogP contribution in [0, 0.1) is 0 Å². The Bertz CT molecular complexity index is 246. The van der Waals surface area contributed by atoms with Crippen LogP contribution < -0.4 is 0 Å². The lowest BCUT2D eigenvalue weighted by atomic mass is 10.7. The average molecular weight is 159 g/mol. The molecule has 0 spiro atoms. The number of aromatic nitrogens is 2. The summed E-state index contributed by atoms with van der Waals surface area (Å²) >= 11 is -2.04. The number of nitrogens with zero attached hydrogens (tertiary/aromatic N) is 2. The normalized spacial score (nSPS) is 13.4. The second kappa shape index (κ2) is 2.94. The third-order valence-corrected chi connectivity index (χ3v) is 1.66. The van der Waals surface area contributed by atoms with Crippen molar-refractivity contribution in [3.8, 4) is 0 Å². The molecule has 4 nitrogen and oxygen atoms in total. The Hall–Kier alpha value is -0.680. The van der Waals surface area contributed by atoms with Gasteiger partial charge >= 0.3 is 0 Å². The lowest BCUT2D eigenvalue weighted by Crippen LogP contribution is -2.01. The highest BCUT2D eigenvalue weighted by Gasteiger charge is 1.96. The van der Waals surface area contributed by atoms with Gasteiger partial charge in [0.1, 0.15) is 5.82 Å². The Morgan fingerprint density at radius 2 is 2.60 bits per heavy atom. The van der Waals surface area contributed by atoms with Crippen LogP contribution in [0.1, 0.15) is 5.82 Å². The molecular weight excluding hydrogens is 152 g/mol. The van der Waals surface area contributed by atoms with Crippen molar-refractivity contribution < 1.29 is 8.76 Å². The first kappa shape index (κ1) is 7.43. The van der Waals surface area contributed by atoms with Crippen LogP contribution in [0.2, 0.25) is 0 Å². The summed E-state index contributed by atoms with van der Waals surface area (Å²) in [6.45, 7) is 0. The molecule has 0 radical (unpaired) electrons. The van der Waals surface area contributed by atoms with Gasteiger partial charge in [-0.15, -0.1) is 0 Å². The lowest BCUT2D eigenvalue weighted by molar-refractivity contribution is 0.534. The zero-order chi connectivity index (χ0) is 7.56. The molecule has 1 rings (SSSR count). The number of hydrogen-bond acceptors (Lipinski definition) is 3. The fraction of sp³-hybridized carbons (Fsp3) is 0.400. The van der Waals surface area contributed by atoms with E-state index in [2.05, 4.69) is 4.98 Å². The predicted octanol–water partition coefficient (Wildman–Crippen LogP) is -0.201. The molecule has 5 heteroatoms. The van der Waals surface area contributed by atoms with Gasteiger partial charge < -0.3 is 9.12 Å². The maximum Gasteiger partial charge on any atom is 0.119 e. The van der Waals surface area contributed by atoms with Crippen LogP contribution in [-0.2, 0) is 23.9 Å². The highest BCUT2D eigenvalue weighted by atomic mass is 32.2. The molecular formula is C5H7N2O2S-. The van der Waals surface area contributed by atoms with Gasteiger partial charge in [-0.05, 0) is 11.1 Å². The maximum atomic E-state index is 10.2. The lowest BCUT2D eigenvalue weighted by Gasteiger charge is -2.03. The molecule has 10 heavy (non-hydrogen) atoms. The molecule has 0 bridgehead atoms. The molecule has 1 unspecified atom stereocenters. The third kappa shape index (κ3) is 1.65. The Labute approximate surface area is 61.2 Å². The first-order valence-corrected chi connectivity index (χ1v) is 3.96. The van der Waals surface area contributed by atoms with Crippen LogP contribution in [0.25, 0.3) is 0 Å². The van der Waals surface area contributed by atoms with Crippen molar-refractivity contribution in [2.45, 2.75) is 5.75 Å². The maximum absolute atomic E-state index is 10.2. The van der Waals surface area contributed by atoms with E-state index >= 15 is 0 Å². The quantitative estimate of drug-likeness (QED) is 0.561. The van der Waals surface area contributed by atoms with Crippen LogP contribution in [0.5, 0.6) is 0 Å². The second-order valence-electron chi connectivity index (χ2n) is 1.90. The molecule has 0 fully saturated rings. The first-order valence-electron chi connectivity index (χ1n) is 2.72. The van der Waals surface area contributed by atoms with Gasteiger partial charge in [0.25, 0.3) is 0 Å². The summed E-state index contributed by atoms with van der Waals surface area (Å²) in [5.74, 6) is 0.553. The Balaban J connectivity index is 2.74. The Morgan fingerprint density at radius 1 is 1.90 bits per heavy atom. The largest absolute Gasteiger partial charge is 0.772 e. The SMILES string of the molecule is Cn1ccnc1CS(=O)[O-]. The molecule has 0 N–H and O–H groups in total. The minimum absolute atomic E-state index is 0.0104. The molecule has 56 valence electrons. The molecule has 0 amide bonds. The molecule has 1 aromatic rings. The summed E-state index contributed by atoms with van der Waals surface area (Å²) in [6.07, 6.45) is 3.28. The van der Waals surface area contributed by atoms with Gasteiger partial charge in [0.05, 0.1) is 5.75 Å². The van der Waals surface area contributed by atoms with E-state index in [1.165, 1.54) is 0 Å². The highest BCUT2D eigenvalue weighted by Crippen LogP contribution is 1.96. The zero-order valence-electron chi connectivity index (χ0n) is 5.48. The minimum Gasteiger partial charge on any atom is -0.772 e. The zero-order valence-corrected chi connectivity index (χ0v) is 6.30. The van der Waals surface area contributed by atoms with E-state index < -0.39 is 11.1 Å². The van der Waals surface area contributed by atoms with Crippen molar-refractivity contribution in [2.24, 2.45) is 7.05 Å². The van der Waals surface area contributed by atoms with E-state index in [4.69, 9.17) is 0 Å². The molecule has 0 aliphatic carbocycles. The Kier molecular flexibility index (Phi) is 2.18. The number of rotatable bonds is 2. The summed E-state index contributed by atoms with van der Waals surface area (Å²) in [5, 5.41) is 0. The molecule has 1 atom stereocenters. The number of hydrogen-bond donors (Lipinski definition) is 0. The highest BCUT2D eigenvalue weighted by molar-refractivity contribution is 7.78. The van der Waals surface area contributed by atoms with Gasteiger partial charge in [-0.2, -0.15) is 0 Å². The minimum atomic E-state index is -2.04. The van der Waals surface area contributed by atoms with Crippen LogP contribution in [-0.4, -0.2) is 18.3 Å². The summed E-state index contributed by atoms with van der Waals surface area (Å²) in [4.78, 5) is 3.83. The van der Waals surface area contributed by atoms with Crippen LogP contribution in [0.4, 0.5) is 0 Å². The Morgan fingerprint density at radius 3 is 3.00 bits per heavy atom. The molecule has 0 aliphatic heterocycles. The van der Waals surface area contributed by atoms with E-state index in [1.54, 1.807) is 24.0 Å². The van der Waals surface area contributed by atoms with Gasteiger partial charge in [-0.25, -0.2) is 4.98 Å². The summed E-state index contributed by atoms with van der Waals surface area (Å²) in [6, 6.07) is 0. The van der Waals surface area contributed by atoms with Crippen molar-refractivity contribution in [3.63, 3.8) is 0 Å². The third-order valence-electron chi connectivity index (χ3n) is 1.17. The molecule has 0 aliphatic rings. The van der Waals surface area contributed by atoms with Crippen molar-refractivity contribution in [2.75, 3.05) is 0 Å². The van der Waals surface area contributed by atoms with Crippen LogP contribution in [0.15, 0.2) is 12.4 Å². The van der Waals surface area contributed by atoms with Gasteiger partial charge in [-0.3, -0.25) is 4.21 Å². The van der Waals surface area contributed by atoms with Crippen molar-refractivity contribution in [3.05, 3.63) is 18.2 Å². The van der Waals surface area contributed by atoms with E-state index in [0.29, 0.717) is 5.82 Å². The van der Waals surface area contributed by atoms with Gasteiger partial charge in [0.2, 0.25) is 0 Å². The molecule has 0 aromatic carbocycles. The van der Waals surface area contributed by atoms with Crippen molar-refractivity contribution in [1.82, 2.24) is 9.55 Å². The van der Waals surface area contributed by atoms with Gasteiger partial charge in [0.15, 0.2) is 0 Å². The monoisotopic (exact) mass is 159 g/mol. The predicted molar refractivity (Wildman–Crippen MR) is 35.8 cm³/mol. The van der Waals surface area contributed by atoms with Crippen LogP contribution in [0.3, 0.4) is 0 Å². The summed E-state index contributed by atoms with van der Waals surface area (Å²) in [5.41, 5.74) is 0. The van der Waals surface area contributed by atoms with Crippen LogP contribution >= 0.6 is 0 Å². The van der Waals surface area contributed by atoms with E-state index in [9.17, 15) is 8.76 Å². The molecule has 0 saturated heterocycles. The first-order chi connectivity index (χ1) is 4.70. The van der Waals surface area contributed by atoms with E-state index in [-0.39, 0.29) is 5.75 Å². The summed E-state index contributed by atoms with van der Waals surface area (Å²) < 4.78 is 22.0. The molecule has 1 aromatic heterocycles. The molecule has 0 saturated carbocycles. The number of imidazole rings is 1. The number of aryl methyl sites for hydroxylation is 1. The van der Waals surface area contributed by atoms with E-state index in [1.807, 2.05) is 0 Å².